The maximum atomic E-state index is 10.9. The lowest BCUT2D eigenvalue weighted by Gasteiger charge is -2.08. The Morgan fingerprint density at radius 3 is 1.86 bits per heavy atom. The van der Waals surface area contributed by atoms with E-state index in [2.05, 4.69) is 36.8 Å². The largest absolute Gasteiger partial charge is 0.480 e. The fourth-order valence-corrected chi connectivity index (χ4v) is 2.79. The molecular formula is C7H6Br2NO3P. The van der Waals surface area contributed by atoms with Crippen molar-refractivity contribution in [3.8, 4) is 11.8 Å². The molecule has 1 aromatic rings. The molecule has 0 atom stereocenters. The summed E-state index contributed by atoms with van der Waals surface area (Å²) in [6.45, 7) is 0. The van der Waals surface area contributed by atoms with E-state index in [0.717, 1.165) is 0 Å². The van der Waals surface area contributed by atoms with Crippen LogP contribution in [0.2, 0.25) is 0 Å². The Hall–Kier alpha value is -0.190. The van der Waals surface area contributed by atoms with E-state index in [1.807, 2.05) is 0 Å². The lowest BCUT2D eigenvalue weighted by molar-refractivity contribution is 0.362. The van der Waals surface area contributed by atoms with Crippen LogP contribution in [0, 0.1) is 0 Å². The van der Waals surface area contributed by atoms with Gasteiger partial charge in [0.05, 0.1) is 28.5 Å². The Morgan fingerprint density at radius 1 is 1.14 bits per heavy atom. The summed E-state index contributed by atoms with van der Waals surface area (Å²) in [5.74, 6) is 0.673. The Kier molecular flexibility index (Phi) is 4.29. The van der Waals surface area contributed by atoms with E-state index in [9.17, 15) is 4.57 Å². The molecule has 0 spiro atoms. The Labute approximate surface area is 99.5 Å². The lowest BCUT2D eigenvalue weighted by atomic mass is 10.4. The van der Waals surface area contributed by atoms with E-state index < -0.39 is 0 Å². The molecule has 0 aliphatic carbocycles. The number of methoxy groups -OCH3 is 2. The molecule has 0 radical (unpaired) electrons. The molecule has 0 aromatic carbocycles. The molecule has 0 unspecified atom stereocenters. The van der Waals surface area contributed by atoms with E-state index in [1.165, 1.54) is 14.2 Å². The van der Waals surface area contributed by atoms with Crippen molar-refractivity contribution in [2.45, 2.75) is 0 Å². The predicted octanol–water partition coefficient (Wildman–Crippen LogP) is 2.54. The molecule has 0 amide bonds. The number of aromatic nitrogens is 1. The molecule has 4 nitrogen and oxygen atoms in total. The number of rotatable bonds is 3. The van der Waals surface area contributed by atoms with Gasteiger partial charge in [-0.2, -0.15) is 4.98 Å². The van der Waals surface area contributed by atoms with Gasteiger partial charge in [-0.15, -0.1) is 0 Å². The number of ether oxygens (including phenoxy) is 2. The quantitative estimate of drug-likeness (QED) is 0.792. The molecule has 7 heteroatoms. The van der Waals surface area contributed by atoms with Crippen molar-refractivity contribution in [1.29, 1.82) is 0 Å². The van der Waals surface area contributed by atoms with Gasteiger partial charge in [0.2, 0.25) is 11.8 Å². The highest BCUT2D eigenvalue weighted by atomic mass is 79.9. The van der Waals surface area contributed by atoms with Crippen LogP contribution in [0.15, 0.2) is 8.95 Å². The van der Waals surface area contributed by atoms with Crippen molar-refractivity contribution >= 4 is 45.6 Å². The maximum Gasteiger partial charge on any atom is 0.232 e. The number of pyridine rings is 1. The van der Waals surface area contributed by atoms with Gasteiger partial charge in [0.25, 0.3) is 0 Å². The van der Waals surface area contributed by atoms with Gasteiger partial charge in [0.15, 0.2) is 8.46 Å². The normalized spacial score (nSPS) is 10.3. The van der Waals surface area contributed by atoms with Crippen molar-refractivity contribution in [3.05, 3.63) is 8.95 Å². The smallest absolute Gasteiger partial charge is 0.232 e. The summed E-state index contributed by atoms with van der Waals surface area (Å²) < 4.78 is 21.9. The second-order valence-corrected chi connectivity index (χ2v) is 4.41. The summed E-state index contributed by atoms with van der Waals surface area (Å²) in [6, 6.07) is 0. The second kappa shape index (κ2) is 5.05. The SMILES string of the molecule is COc1nc(OC)c(Br)c(P=O)c1Br. The van der Waals surface area contributed by atoms with Gasteiger partial charge in [-0.25, -0.2) is 0 Å². The summed E-state index contributed by atoms with van der Waals surface area (Å²) in [4.78, 5) is 4.04. The molecule has 0 aliphatic heterocycles. The predicted molar refractivity (Wildman–Crippen MR) is 60.0 cm³/mol. The van der Waals surface area contributed by atoms with Gasteiger partial charge < -0.3 is 9.47 Å². The summed E-state index contributed by atoms with van der Waals surface area (Å²) >= 11 is 6.47. The molecule has 14 heavy (non-hydrogen) atoms. The topological polar surface area (TPSA) is 48.4 Å². The molecule has 0 aliphatic rings. The third kappa shape index (κ3) is 2.07. The monoisotopic (exact) mass is 341 g/mol. The summed E-state index contributed by atoms with van der Waals surface area (Å²) in [5, 5.41) is 0.508. The van der Waals surface area contributed by atoms with Crippen LogP contribution < -0.4 is 14.8 Å². The van der Waals surface area contributed by atoms with E-state index in [4.69, 9.17) is 9.47 Å². The zero-order chi connectivity index (χ0) is 10.7. The Morgan fingerprint density at radius 2 is 1.57 bits per heavy atom. The molecule has 1 heterocycles. The van der Waals surface area contributed by atoms with Crippen LogP contribution in [0.3, 0.4) is 0 Å². The third-order valence-corrected chi connectivity index (χ3v) is 4.19. The third-order valence-electron chi connectivity index (χ3n) is 1.47. The molecule has 0 N–H and O–H groups in total. The van der Waals surface area contributed by atoms with E-state index in [0.29, 0.717) is 26.0 Å². The number of hydrogen-bond donors (Lipinski definition) is 0. The van der Waals surface area contributed by atoms with Gasteiger partial charge in [0, 0.05) is 0 Å². The van der Waals surface area contributed by atoms with Crippen molar-refractivity contribution < 1.29 is 14.0 Å². The van der Waals surface area contributed by atoms with Gasteiger partial charge in [-0.3, -0.25) is 4.57 Å². The van der Waals surface area contributed by atoms with Gasteiger partial charge in [0.1, 0.15) is 0 Å². The van der Waals surface area contributed by atoms with Crippen LogP contribution in [0.25, 0.3) is 0 Å². The molecule has 0 saturated heterocycles. The molecule has 0 saturated carbocycles. The van der Waals surface area contributed by atoms with E-state index >= 15 is 0 Å². The van der Waals surface area contributed by atoms with Gasteiger partial charge in [-0.05, 0) is 31.9 Å². The first-order valence-corrected chi connectivity index (χ1v) is 5.85. The zero-order valence-corrected chi connectivity index (χ0v) is 11.4. The average molecular weight is 343 g/mol. The van der Waals surface area contributed by atoms with Crippen LogP contribution in [0.4, 0.5) is 0 Å². The minimum atomic E-state index is -0.140. The fraction of sp³-hybridized carbons (Fsp3) is 0.286. The van der Waals surface area contributed by atoms with Crippen LogP contribution in [0.1, 0.15) is 0 Å². The highest BCUT2D eigenvalue weighted by Gasteiger charge is 2.17. The number of halogens is 2. The maximum absolute atomic E-state index is 10.9. The minimum Gasteiger partial charge on any atom is -0.480 e. The second-order valence-electron chi connectivity index (χ2n) is 2.20. The van der Waals surface area contributed by atoms with Crippen molar-refractivity contribution in [2.24, 2.45) is 0 Å². The summed E-state index contributed by atoms with van der Waals surface area (Å²) in [7, 11) is 2.82. The number of nitrogens with zero attached hydrogens (tertiary/aromatic N) is 1. The zero-order valence-electron chi connectivity index (χ0n) is 7.38. The van der Waals surface area contributed by atoms with Crippen LogP contribution in [-0.4, -0.2) is 19.2 Å². The molecular weight excluding hydrogens is 337 g/mol. The van der Waals surface area contributed by atoms with Crippen molar-refractivity contribution in [3.63, 3.8) is 0 Å². The highest BCUT2D eigenvalue weighted by Crippen LogP contribution is 2.33. The van der Waals surface area contributed by atoms with E-state index in [-0.39, 0.29) is 8.46 Å². The molecule has 0 bridgehead atoms. The molecule has 1 aromatic heterocycles. The summed E-state index contributed by atoms with van der Waals surface area (Å²) in [5.41, 5.74) is 0. The lowest BCUT2D eigenvalue weighted by Crippen LogP contribution is -2.05. The highest BCUT2D eigenvalue weighted by molar-refractivity contribution is 9.11. The van der Waals surface area contributed by atoms with Crippen LogP contribution in [-0.2, 0) is 4.57 Å². The minimum absolute atomic E-state index is 0.140. The standard InChI is InChI=1S/C7H6Br2NO3P/c1-12-6-3(8)5(14-11)4(9)7(10-6)13-2/h1-2H3. The first kappa shape index (κ1) is 11.9. The van der Waals surface area contributed by atoms with Gasteiger partial charge in [-0.1, -0.05) is 0 Å². The van der Waals surface area contributed by atoms with Gasteiger partial charge >= 0.3 is 0 Å². The Balaban J connectivity index is 3.46. The first-order chi connectivity index (χ1) is 6.65. The van der Waals surface area contributed by atoms with Crippen molar-refractivity contribution in [1.82, 2.24) is 4.98 Å². The first-order valence-electron chi connectivity index (χ1n) is 3.46. The van der Waals surface area contributed by atoms with Crippen LogP contribution in [0.5, 0.6) is 11.8 Å². The molecule has 0 fully saturated rings. The Bertz CT molecular complexity index is 344. The number of hydrogen-bond acceptors (Lipinski definition) is 4. The van der Waals surface area contributed by atoms with Crippen LogP contribution >= 0.6 is 40.3 Å². The fourth-order valence-electron chi connectivity index (χ4n) is 0.840. The molecule has 1 rings (SSSR count). The van der Waals surface area contributed by atoms with Crippen molar-refractivity contribution in [2.75, 3.05) is 14.2 Å². The summed E-state index contributed by atoms with van der Waals surface area (Å²) in [6.07, 6.45) is 0. The average Bonchev–Trinajstić information content (AvgIpc) is 2.19. The molecule has 76 valence electrons. The van der Waals surface area contributed by atoms with E-state index in [1.54, 1.807) is 0 Å².